The van der Waals surface area contributed by atoms with Crippen LogP contribution in [0.4, 0.5) is 5.69 Å². The van der Waals surface area contributed by atoms with Gasteiger partial charge in [-0.25, -0.2) is 4.57 Å². The summed E-state index contributed by atoms with van der Waals surface area (Å²) in [6.07, 6.45) is -1.63. The van der Waals surface area contributed by atoms with Crippen LogP contribution in [0.25, 0.3) is 44.3 Å². The van der Waals surface area contributed by atoms with Crippen LogP contribution in [0.15, 0.2) is 71.3 Å². The Labute approximate surface area is 200 Å². The summed E-state index contributed by atoms with van der Waals surface area (Å²) in [5.41, 5.74) is 12.6. The smallest absolute Gasteiger partial charge is 0.216 e. The highest BCUT2D eigenvalue weighted by molar-refractivity contribution is 6.14. The molecule has 1 aliphatic carbocycles. The van der Waals surface area contributed by atoms with Gasteiger partial charge in [-0.05, 0) is 65.5 Å². The summed E-state index contributed by atoms with van der Waals surface area (Å²) in [5.74, 6) is 0. The summed E-state index contributed by atoms with van der Waals surface area (Å²) in [5, 5.41) is 1.85. The van der Waals surface area contributed by atoms with E-state index < -0.39 is 18.2 Å². The van der Waals surface area contributed by atoms with E-state index in [1.807, 2.05) is 43.6 Å². The Morgan fingerprint density at radius 3 is 2.58 bits per heavy atom. The van der Waals surface area contributed by atoms with Crippen LogP contribution in [0.1, 0.15) is 36.0 Å². The highest BCUT2D eigenvalue weighted by Gasteiger charge is 2.29. The lowest BCUT2D eigenvalue weighted by Crippen LogP contribution is -2.30. The van der Waals surface area contributed by atoms with Crippen molar-refractivity contribution in [1.29, 1.82) is 0 Å². The molecule has 2 aromatic heterocycles. The average Bonchev–Trinajstić information content (AvgIpc) is 3.25. The number of pyridine rings is 1. The van der Waals surface area contributed by atoms with Gasteiger partial charge in [0.25, 0.3) is 0 Å². The summed E-state index contributed by atoms with van der Waals surface area (Å²) in [4.78, 5) is 0. The molecule has 0 aliphatic heterocycles. The zero-order valence-electron chi connectivity index (χ0n) is 23.3. The lowest BCUT2D eigenvalue weighted by atomic mass is 9.90. The molecule has 0 spiro atoms. The Kier molecular flexibility index (Phi) is 3.39. The highest BCUT2D eigenvalue weighted by Crippen LogP contribution is 2.43. The van der Waals surface area contributed by atoms with Crippen molar-refractivity contribution >= 4 is 27.6 Å². The third-order valence-electron chi connectivity index (χ3n) is 6.51. The Morgan fingerprint density at radius 1 is 0.939 bits per heavy atom. The maximum absolute atomic E-state index is 8.82. The summed E-state index contributed by atoms with van der Waals surface area (Å²) in [7, 11) is 2.01. The first-order chi connectivity index (χ1) is 17.4. The molecule has 2 heterocycles. The van der Waals surface area contributed by atoms with Crippen LogP contribution in [0.2, 0.25) is 0 Å². The van der Waals surface area contributed by atoms with Crippen molar-refractivity contribution in [1.82, 2.24) is 0 Å². The molecule has 0 radical (unpaired) electrons. The Hall–Kier alpha value is -3.59. The van der Waals surface area contributed by atoms with Crippen LogP contribution in [-0.4, -0.2) is 0 Å². The monoisotopic (exact) mass is 437 g/mol. The van der Waals surface area contributed by atoms with Gasteiger partial charge in [-0.2, -0.15) is 0 Å². The minimum Gasteiger partial charge on any atom is -0.454 e. The standard InChI is InChI=1S/C30H29N2O/c1-18-8-11-23-25-15-22(31)14-24(19-9-10-20-16-30(2,3)17-21(20)13-19)28(25)33-29(23)27(18)26-7-5-6-12-32(26)4/h5-15H,16-17,31H2,1-4H3/q+1/i16D2,17D2. The predicted molar refractivity (Wildman–Crippen MR) is 136 cm³/mol. The molecule has 33 heavy (non-hydrogen) atoms. The number of nitrogen functional groups attached to an aromatic ring is 1. The van der Waals surface area contributed by atoms with E-state index in [0.29, 0.717) is 22.4 Å². The fourth-order valence-corrected chi connectivity index (χ4v) is 5.01. The molecule has 0 fully saturated rings. The number of rotatable bonds is 2. The average molecular weight is 438 g/mol. The first-order valence-corrected chi connectivity index (χ1v) is 11.2. The molecule has 3 aromatic carbocycles. The summed E-state index contributed by atoms with van der Waals surface area (Å²) < 4.78 is 43.7. The molecule has 3 heteroatoms. The van der Waals surface area contributed by atoms with Gasteiger partial charge in [0.15, 0.2) is 6.20 Å². The normalized spacial score (nSPS) is 19.6. The predicted octanol–water partition coefficient (Wildman–Crippen LogP) is 6.76. The molecular weight excluding hydrogens is 404 g/mol. The quantitative estimate of drug-likeness (QED) is 0.245. The van der Waals surface area contributed by atoms with Gasteiger partial charge in [0.2, 0.25) is 5.69 Å². The van der Waals surface area contributed by atoms with E-state index >= 15 is 0 Å². The van der Waals surface area contributed by atoms with E-state index in [4.69, 9.17) is 15.6 Å². The zero-order chi connectivity index (χ0) is 26.5. The fourth-order valence-electron chi connectivity index (χ4n) is 5.01. The molecule has 0 unspecified atom stereocenters. The van der Waals surface area contributed by atoms with Crippen LogP contribution in [0.5, 0.6) is 0 Å². The molecule has 0 bridgehead atoms. The Bertz CT molecular complexity index is 1750. The van der Waals surface area contributed by atoms with E-state index in [1.54, 1.807) is 26.0 Å². The largest absolute Gasteiger partial charge is 0.454 e. The number of fused-ring (bicyclic) bond motifs is 4. The molecule has 0 saturated heterocycles. The van der Waals surface area contributed by atoms with Crippen molar-refractivity contribution in [2.45, 2.75) is 33.5 Å². The highest BCUT2D eigenvalue weighted by atomic mass is 16.3. The van der Waals surface area contributed by atoms with Gasteiger partial charge in [0, 0.05) is 39.6 Å². The Morgan fingerprint density at radius 2 is 1.76 bits per heavy atom. The molecular formula is C30H29N2O+. The number of hydrogen-bond donors (Lipinski definition) is 1. The number of furan rings is 1. The molecule has 6 rings (SSSR count). The number of anilines is 1. The van der Waals surface area contributed by atoms with E-state index in [2.05, 4.69) is 29.7 Å². The van der Waals surface area contributed by atoms with Crippen LogP contribution in [-0.2, 0) is 19.8 Å². The van der Waals surface area contributed by atoms with Crippen molar-refractivity contribution in [2.75, 3.05) is 5.73 Å². The molecule has 5 aromatic rings. The molecule has 0 amide bonds. The third kappa shape index (κ3) is 3.14. The lowest BCUT2D eigenvalue weighted by Gasteiger charge is -2.14. The molecule has 0 atom stereocenters. The van der Waals surface area contributed by atoms with Crippen molar-refractivity contribution in [3.63, 3.8) is 0 Å². The lowest BCUT2D eigenvalue weighted by molar-refractivity contribution is -0.660. The second kappa shape index (κ2) is 6.95. The summed E-state index contributed by atoms with van der Waals surface area (Å²) >= 11 is 0. The minimum absolute atomic E-state index is 0.375. The zero-order valence-corrected chi connectivity index (χ0v) is 19.3. The maximum atomic E-state index is 8.82. The van der Waals surface area contributed by atoms with Gasteiger partial charge in [-0.3, -0.25) is 0 Å². The summed E-state index contributed by atoms with van der Waals surface area (Å²) in [6, 6.07) is 19.3. The van der Waals surface area contributed by atoms with Gasteiger partial charge < -0.3 is 10.2 Å². The number of nitrogens with two attached hydrogens (primary N) is 1. The molecule has 2 N–H and O–H groups in total. The van der Waals surface area contributed by atoms with Crippen LogP contribution in [0, 0.1) is 12.3 Å². The topological polar surface area (TPSA) is 43.0 Å². The number of nitrogens with zero attached hydrogens (tertiary/aromatic N) is 1. The SMILES string of the molecule is [2H]C1([2H])c2ccc(-c3cc(N)cc4c3oc3c(-c5cccc[n+]5C)c(C)ccc34)cc2C([2H])([2H])C1(C)C. The van der Waals surface area contributed by atoms with Crippen molar-refractivity contribution < 1.29 is 14.5 Å². The van der Waals surface area contributed by atoms with Gasteiger partial charge in [-0.15, -0.1) is 0 Å². The van der Waals surface area contributed by atoms with Gasteiger partial charge in [0.1, 0.15) is 18.2 Å². The second-order valence-corrected chi connectivity index (χ2v) is 9.51. The number of aryl methyl sites for hydroxylation is 2. The minimum atomic E-state index is -1.85. The van der Waals surface area contributed by atoms with Crippen LogP contribution < -0.4 is 10.3 Å². The number of hydrogen-bond acceptors (Lipinski definition) is 2. The van der Waals surface area contributed by atoms with Crippen molar-refractivity contribution in [2.24, 2.45) is 12.5 Å². The first kappa shape index (κ1) is 16.1. The maximum Gasteiger partial charge on any atom is 0.216 e. The third-order valence-corrected chi connectivity index (χ3v) is 6.51. The summed E-state index contributed by atoms with van der Waals surface area (Å²) in [6.45, 7) is 5.37. The second-order valence-electron chi connectivity index (χ2n) is 9.51. The molecule has 0 saturated carbocycles. The molecule has 1 aliphatic rings. The van der Waals surface area contributed by atoms with E-state index in [-0.39, 0.29) is 0 Å². The first-order valence-electron chi connectivity index (χ1n) is 13.2. The number of benzene rings is 3. The van der Waals surface area contributed by atoms with Gasteiger partial charge >= 0.3 is 0 Å². The van der Waals surface area contributed by atoms with Gasteiger partial charge in [0.05, 0.1) is 5.56 Å². The van der Waals surface area contributed by atoms with E-state index in [9.17, 15) is 0 Å². The Balaban J connectivity index is 1.65. The molecule has 3 nitrogen and oxygen atoms in total. The van der Waals surface area contributed by atoms with E-state index in [1.165, 1.54) is 0 Å². The molecule has 164 valence electrons. The fraction of sp³-hybridized carbons (Fsp3) is 0.233. The van der Waals surface area contributed by atoms with Crippen LogP contribution >= 0.6 is 0 Å². The van der Waals surface area contributed by atoms with Crippen molar-refractivity contribution in [3.8, 4) is 22.4 Å². The van der Waals surface area contributed by atoms with E-state index in [0.717, 1.165) is 44.3 Å². The van der Waals surface area contributed by atoms with Crippen molar-refractivity contribution in [3.05, 3.63) is 83.6 Å². The van der Waals surface area contributed by atoms with Gasteiger partial charge in [-0.1, -0.05) is 44.2 Å². The number of aromatic nitrogens is 1. The van der Waals surface area contributed by atoms with Crippen LogP contribution in [0.3, 0.4) is 0 Å².